The Morgan fingerprint density at radius 3 is 1.50 bits per heavy atom. The van der Waals surface area contributed by atoms with Gasteiger partial charge < -0.3 is 30.3 Å². The quantitative estimate of drug-likeness (QED) is 0.0991. The summed E-state index contributed by atoms with van der Waals surface area (Å²) in [5.74, 6) is -7.29. The largest absolute Gasteiger partial charge is 0.481 e. The van der Waals surface area contributed by atoms with Gasteiger partial charge in [-0.2, -0.15) is 0 Å². The van der Waals surface area contributed by atoms with Crippen molar-refractivity contribution < 1.29 is 44.7 Å². The minimum Gasteiger partial charge on any atom is -0.481 e. The van der Waals surface area contributed by atoms with Gasteiger partial charge in [-0.1, -0.05) is 103 Å². The molecule has 0 bridgehead atoms. The fourth-order valence-electron chi connectivity index (χ4n) is 4.39. The van der Waals surface area contributed by atoms with Crippen molar-refractivity contribution in [3.05, 3.63) is 0 Å². The van der Waals surface area contributed by atoms with Gasteiger partial charge in [0.05, 0.1) is 25.0 Å². The molecule has 0 radical (unpaired) electrons. The van der Waals surface area contributed by atoms with E-state index in [4.69, 9.17) is 14.9 Å². The van der Waals surface area contributed by atoms with E-state index in [1.165, 1.54) is 83.5 Å². The van der Waals surface area contributed by atoms with Crippen LogP contribution < -0.4 is 0 Å². The van der Waals surface area contributed by atoms with E-state index in [2.05, 4.69) is 6.92 Å². The molecule has 0 aromatic carbocycles. The van der Waals surface area contributed by atoms with Crippen molar-refractivity contribution in [2.24, 2.45) is 5.92 Å². The van der Waals surface area contributed by atoms with E-state index in [1.807, 2.05) is 0 Å². The lowest BCUT2D eigenvalue weighted by Gasteiger charge is -2.29. The van der Waals surface area contributed by atoms with E-state index in [1.54, 1.807) is 0 Å². The average Bonchev–Trinajstić information content (AvgIpc) is 2.80. The van der Waals surface area contributed by atoms with Crippen molar-refractivity contribution >= 4 is 17.9 Å². The molecule has 0 aliphatic heterocycles. The summed E-state index contributed by atoms with van der Waals surface area (Å²) in [6.45, 7) is 2.41. The summed E-state index contributed by atoms with van der Waals surface area (Å²) in [7, 11) is 0. The Morgan fingerprint density at radius 2 is 1.14 bits per heavy atom. The number of carbonyl (C=O) groups is 3. The minimum atomic E-state index is -3.02. The Balaban J connectivity index is 3.79. The molecular formula is C27H50O9. The molecule has 212 valence electrons. The van der Waals surface area contributed by atoms with Crippen molar-refractivity contribution in [3.8, 4) is 0 Å². The van der Waals surface area contributed by atoms with Crippen LogP contribution in [0.2, 0.25) is 0 Å². The van der Waals surface area contributed by atoms with E-state index >= 15 is 0 Å². The highest BCUT2D eigenvalue weighted by Crippen LogP contribution is 2.27. The van der Waals surface area contributed by atoms with Gasteiger partial charge in [0.1, 0.15) is 0 Å². The summed E-state index contributed by atoms with van der Waals surface area (Å²) in [6.07, 6.45) is 16.8. The van der Waals surface area contributed by atoms with Crippen molar-refractivity contribution in [3.63, 3.8) is 0 Å². The normalized spacial score (nSPS) is 14.8. The number of hydrogen-bond acceptors (Lipinski definition) is 6. The van der Waals surface area contributed by atoms with Crippen molar-refractivity contribution in [2.75, 3.05) is 13.2 Å². The van der Waals surface area contributed by atoms with E-state index in [-0.39, 0.29) is 6.61 Å². The molecule has 0 aliphatic carbocycles. The highest BCUT2D eigenvalue weighted by molar-refractivity contribution is 5.89. The first-order chi connectivity index (χ1) is 17.1. The molecule has 0 saturated heterocycles. The summed E-state index contributed by atoms with van der Waals surface area (Å²) in [5, 5.41) is 47.5. The molecule has 0 rings (SSSR count). The number of ether oxygens (including phenoxy) is 1. The molecule has 0 aromatic heterocycles. The van der Waals surface area contributed by atoms with Gasteiger partial charge in [-0.15, -0.1) is 0 Å². The molecule has 0 heterocycles. The monoisotopic (exact) mass is 518 g/mol. The molecule has 3 atom stereocenters. The first-order valence-corrected chi connectivity index (χ1v) is 13.8. The first kappa shape index (κ1) is 34.3. The zero-order valence-corrected chi connectivity index (χ0v) is 22.2. The van der Waals surface area contributed by atoms with Gasteiger partial charge >= 0.3 is 17.9 Å². The number of aliphatic carboxylic acids is 3. The van der Waals surface area contributed by atoms with E-state index in [9.17, 15) is 29.7 Å². The van der Waals surface area contributed by atoms with Crippen LogP contribution in [0.1, 0.15) is 122 Å². The molecule has 9 heteroatoms. The molecule has 0 spiro atoms. The Bertz CT molecular complexity index is 596. The summed E-state index contributed by atoms with van der Waals surface area (Å²) in [4.78, 5) is 33.7. The van der Waals surface area contributed by atoms with Gasteiger partial charge in [-0.25, -0.2) is 4.79 Å². The number of rotatable bonds is 26. The highest BCUT2D eigenvalue weighted by atomic mass is 16.5. The van der Waals surface area contributed by atoms with E-state index in [0.717, 1.165) is 19.3 Å². The zero-order valence-electron chi connectivity index (χ0n) is 22.2. The lowest BCUT2D eigenvalue weighted by Crippen LogP contribution is -2.52. The second kappa shape index (κ2) is 21.4. The van der Waals surface area contributed by atoms with Crippen LogP contribution in [-0.2, 0) is 19.1 Å². The van der Waals surface area contributed by atoms with Crippen LogP contribution in [0, 0.1) is 5.92 Å². The first-order valence-electron chi connectivity index (χ1n) is 13.8. The van der Waals surface area contributed by atoms with Crippen LogP contribution in [0.3, 0.4) is 0 Å². The lowest BCUT2D eigenvalue weighted by atomic mass is 9.81. The average molecular weight is 519 g/mol. The fourth-order valence-corrected chi connectivity index (χ4v) is 4.39. The maximum atomic E-state index is 11.4. The second-order valence-electron chi connectivity index (χ2n) is 9.96. The number of carboxylic acids is 3. The Labute approximate surface area is 216 Å². The molecule has 36 heavy (non-hydrogen) atoms. The highest BCUT2D eigenvalue weighted by Gasteiger charge is 2.50. The Morgan fingerprint density at radius 1 is 0.722 bits per heavy atom. The molecule has 0 fully saturated rings. The maximum Gasteiger partial charge on any atom is 0.337 e. The van der Waals surface area contributed by atoms with E-state index in [0.29, 0.717) is 6.61 Å². The van der Waals surface area contributed by atoms with E-state index < -0.39 is 48.4 Å². The van der Waals surface area contributed by atoms with Crippen LogP contribution in [-0.4, -0.2) is 68.4 Å². The van der Waals surface area contributed by atoms with Gasteiger partial charge in [-0.3, -0.25) is 9.59 Å². The third-order valence-corrected chi connectivity index (χ3v) is 6.63. The molecule has 5 N–H and O–H groups in total. The maximum absolute atomic E-state index is 11.4. The third-order valence-electron chi connectivity index (χ3n) is 6.63. The Hall–Kier alpha value is -1.71. The second-order valence-corrected chi connectivity index (χ2v) is 9.96. The summed E-state index contributed by atoms with van der Waals surface area (Å²) in [6, 6.07) is 0. The topological polar surface area (TPSA) is 162 Å². The Kier molecular flexibility index (Phi) is 20.4. The van der Waals surface area contributed by atoms with Crippen LogP contribution in [0.4, 0.5) is 0 Å². The number of unbranched alkanes of at least 4 members (excludes halogenated alkanes) is 15. The van der Waals surface area contributed by atoms with Crippen LogP contribution in [0.15, 0.2) is 0 Å². The summed E-state index contributed by atoms with van der Waals surface area (Å²) < 4.78 is 5.36. The summed E-state index contributed by atoms with van der Waals surface area (Å²) in [5.41, 5.74) is -3.02. The molecule has 0 aliphatic rings. The SMILES string of the molecule is CCCCCCCCCCCCCCCCCCOCC(O)CC(C(=O)O)C(O)(CC(=O)O)C(=O)O. The summed E-state index contributed by atoms with van der Waals surface area (Å²) >= 11 is 0. The van der Waals surface area contributed by atoms with Crippen molar-refractivity contribution in [1.82, 2.24) is 0 Å². The predicted octanol–water partition coefficient (Wildman–Crippen LogP) is 5.01. The predicted molar refractivity (Wildman–Crippen MR) is 137 cm³/mol. The number of aliphatic hydroxyl groups excluding tert-OH is 1. The standard InChI is InChI=1S/C27H50O9/c1-2-3-4-5-6-7-8-9-10-11-12-13-14-15-16-17-18-36-21-22(28)19-23(25(31)32)27(35,26(33)34)20-24(29)30/h22-23,28,35H,2-21H2,1H3,(H,29,30)(H,31,32)(H,33,34). The number of carboxylic acid groups (broad SMARTS) is 3. The van der Waals surface area contributed by atoms with Crippen LogP contribution in [0.25, 0.3) is 0 Å². The van der Waals surface area contributed by atoms with Crippen LogP contribution >= 0.6 is 0 Å². The molecule has 0 saturated carbocycles. The van der Waals surface area contributed by atoms with Gasteiger partial charge in [0.2, 0.25) is 0 Å². The van der Waals surface area contributed by atoms with Gasteiger partial charge in [0, 0.05) is 6.61 Å². The molecule has 3 unspecified atom stereocenters. The molecule has 0 amide bonds. The lowest BCUT2D eigenvalue weighted by molar-refractivity contribution is -0.181. The van der Waals surface area contributed by atoms with Gasteiger partial charge in [0.15, 0.2) is 5.60 Å². The number of aliphatic hydroxyl groups is 2. The molecule has 9 nitrogen and oxygen atoms in total. The van der Waals surface area contributed by atoms with Gasteiger partial charge in [0.25, 0.3) is 0 Å². The zero-order chi connectivity index (χ0) is 27.2. The molecule has 0 aromatic rings. The third kappa shape index (κ3) is 16.9. The van der Waals surface area contributed by atoms with Gasteiger partial charge in [-0.05, 0) is 12.8 Å². The molecular weight excluding hydrogens is 468 g/mol. The number of hydrogen-bond donors (Lipinski definition) is 5. The smallest absolute Gasteiger partial charge is 0.337 e. The minimum absolute atomic E-state index is 0.217. The fraction of sp³-hybridized carbons (Fsp3) is 0.889. The van der Waals surface area contributed by atoms with Crippen molar-refractivity contribution in [2.45, 2.75) is 134 Å². The van der Waals surface area contributed by atoms with Crippen molar-refractivity contribution in [1.29, 1.82) is 0 Å². The van der Waals surface area contributed by atoms with Crippen LogP contribution in [0.5, 0.6) is 0 Å².